The van der Waals surface area contributed by atoms with Gasteiger partial charge in [0.05, 0.1) is 6.61 Å². The lowest BCUT2D eigenvalue weighted by Crippen LogP contribution is -2.47. The maximum Gasteiger partial charge on any atom is 0.302 e. The summed E-state index contributed by atoms with van der Waals surface area (Å²) in [6, 6.07) is 16.2. The lowest BCUT2D eigenvalue weighted by molar-refractivity contribution is -0.141. The Morgan fingerprint density at radius 1 is 1.00 bits per heavy atom. The Bertz CT molecular complexity index is 942. The number of carbonyl (C=O) groups is 2. The van der Waals surface area contributed by atoms with Crippen LogP contribution in [0.15, 0.2) is 48.5 Å². The van der Waals surface area contributed by atoms with E-state index in [1.165, 1.54) is 6.92 Å². The number of benzene rings is 2. The minimum atomic E-state index is -0.217. The van der Waals surface area contributed by atoms with Crippen molar-refractivity contribution in [2.75, 3.05) is 57.8 Å². The van der Waals surface area contributed by atoms with Crippen LogP contribution in [-0.4, -0.2) is 74.2 Å². The normalized spacial score (nSPS) is 18.9. The summed E-state index contributed by atoms with van der Waals surface area (Å²) in [4.78, 5) is 27.9. The molecule has 33 heavy (non-hydrogen) atoms. The Kier molecular flexibility index (Phi) is 7.96. The van der Waals surface area contributed by atoms with Gasteiger partial charge < -0.3 is 19.7 Å². The molecule has 0 bridgehead atoms. The molecular formula is C26H33N3O4. The van der Waals surface area contributed by atoms with Crippen LogP contribution in [0.3, 0.4) is 0 Å². The van der Waals surface area contributed by atoms with Crippen LogP contribution in [0.1, 0.15) is 36.8 Å². The Labute approximate surface area is 195 Å². The number of nitrogens with one attached hydrogen (secondary N) is 1. The molecule has 2 aromatic rings. The smallest absolute Gasteiger partial charge is 0.302 e. The van der Waals surface area contributed by atoms with Crippen LogP contribution in [-0.2, 0) is 14.3 Å². The number of ether oxygens (including phenoxy) is 2. The van der Waals surface area contributed by atoms with Crippen molar-refractivity contribution >= 4 is 17.6 Å². The van der Waals surface area contributed by atoms with E-state index >= 15 is 0 Å². The standard InChI is InChI=1S/C26H33N3O4/c1-20(30)32-17-15-29-13-11-28(12-14-29)10-5-16-33-22-8-9-23-24(21-6-3-2-4-7-21)19-26(31)27-25(23)18-22/h2-4,6-9,18,24H,5,10-17,19H2,1H3,(H,27,31). The molecule has 176 valence electrons. The van der Waals surface area contributed by atoms with E-state index in [4.69, 9.17) is 9.47 Å². The number of esters is 1. The molecule has 0 radical (unpaired) electrons. The van der Waals surface area contributed by atoms with Gasteiger partial charge in [-0.3, -0.25) is 14.5 Å². The number of nitrogens with zero attached hydrogens (tertiary/aromatic N) is 2. The highest BCUT2D eigenvalue weighted by atomic mass is 16.5. The molecule has 2 aromatic carbocycles. The Balaban J connectivity index is 1.22. The zero-order valence-corrected chi connectivity index (χ0v) is 19.3. The lowest BCUT2D eigenvalue weighted by Gasteiger charge is -2.34. The molecule has 1 saturated heterocycles. The first-order chi connectivity index (χ1) is 16.1. The van der Waals surface area contributed by atoms with E-state index in [9.17, 15) is 9.59 Å². The zero-order chi connectivity index (χ0) is 23.0. The van der Waals surface area contributed by atoms with Crippen molar-refractivity contribution < 1.29 is 19.1 Å². The number of piperazine rings is 1. The Hall–Kier alpha value is -2.90. The van der Waals surface area contributed by atoms with Gasteiger partial charge in [0.15, 0.2) is 0 Å². The molecule has 1 amide bonds. The van der Waals surface area contributed by atoms with E-state index < -0.39 is 0 Å². The summed E-state index contributed by atoms with van der Waals surface area (Å²) in [6.07, 6.45) is 1.41. The molecule has 0 saturated carbocycles. The number of fused-ring (bicyclic) bond motifs is 1. The van der Waals surface area contributed by atoms with Gasteiger partial charge in [-0.15, -0.1) is 0 Å². The quantitative estimate of drug-likeness (QED) is 0.467. The molecule has 4 rings (SSSR count). The molecule has 0 aromatic heterocycles. The first-order valence-corrected chi connectivity index (χ1v) is 11.8. The molecule has 7 heteroatoms. The monoisotopic (exact) mass is 451 g/mol. The highest BCUT2D eigenvalue weighted by Gasteiger charge is 2.26. The summed E-state index contributed by atoms with van der Waals surface area (Å²) >= 11 is 0. The van der Waals surface area contributed by atoms with Crippen molar-refractivity contribution in [1.82, 2.24) is 9.80 Å². The van der Waals surface area contributed by atoms with E-state index in [0.29, 0.717) is 19.6 Å². The number of anilines is 1. The van der Waals surface area contributed by atoms with Crippen LogP contribution in [0.2, 0.25) is 0 Å². The second-order valence-electron chi connectivity index (χ2n) is 8.69. The largest absolute Gasteiger partial charge is 0.493 e. The maximum absolute atomic E-state index is 12.3. The molecule has 1 N–H and O–H groups in total. The third kappa shape index (κ3) is 6.55. The minimum Gasteiger partial charge on any atom is -0.493 e. The SMILES string of the molecule is CC(=O)OCCN1CCN(CCCOc2ccc3c(c2)NC(=O)CC3c2ccccc2)CC1. The Morgan fingerprint density at radius 3 is 2.45 bits per heavy atom. The first-order valence-electron chi connectivity index (χ1n) is 11.8. The second-order valence-corrected chi connectivity index (χ2v) is 8.69. The number of hydrogen-bond acceptors (Lipinski definition) is 6. The summed E-state index contributed by atoms with van der Waals surface area (Å²) in [6.45, 7) is 8.38. The number of hydrogen-bond donors (Lipinski definition) is 1. The van der Waals surface area contributed by atoms with Gasteiger partial charge in [0, 0.05) is 70.3 Å². The van der Waals surface area contributed by atoms with Crippen molar-refractivity contribution in [1.29, 1.82) is 0 Å². The third-order valence-electron chi connectivity index (χ3n) is 6.33. The average molecular weight is 452 g/mol. The lowest BCUT2D eigenvalue weighted by atomic mass is 9.85. The van der Waals surface area contributed by atoms with E-state index in [2.05, 4.69) is 33.3 Å². The number of rotatable bonds is 9. The number of amides is 1. The van der Waals surface area contributed by atoms with Crippen molar-refractivity contribution in [3.63, 3.8) is 0 Å². The van der Waals surface area contributed by atoms with E-state index in [1.54, 1.807) is 0 Å². The van der Waals surface area contributed by atoms with Crippen LogP contribution in [0.4, 0.5) is 5.69 Å². The molecule has 1 unspecified atom stereocenters. The summed E-state index contributed by atoms with van der Waals surface area (Å²) in [5.74, 6) is 0.696. The topological polar surface area (TPSA) is 71.1 Å². The summed E-state index contributed by atoms with van der Waals surface area (Å²) < 4.78 is 11.0. The molecule has 1 fully saturated rings. The van der Waals surface area contributed by atoms with Gasteiger partial charge >= 0.3 is 5.97 Å². The van der Waals surface area contributed by atoms with E-state index in [1.807, 2.05) is 30.3 Å². The molecule has 7 nitrogen and oxygen atoms in total. The summed E-state index contributed by atoms with van der Waals surface area (Å²) in [5, 5.41) is 3.01. The Morgan fingerprint density at radius 2 is 1.73 bits per heavy atom. The van der Waals surface area contributed by atoms with Crippen LogP contribution < -0.4 is 10.1 Å². The van der Waals surface area contributed by atoms with Gasteiger partial charge in [-0.25, -0.2) is 0 Å². The molecule has 0 spiro atoms. The predicted molar refractivity (Wildman–Crippen MR) is 128 cm³/mol. The number of carbonyl (C=O) groups excluding carboxylic acids is 2. The van der Waals surface area contributed by atoms with Crippen LogP contribution in [0.25, 0.3) is 0 Å². The summed E-state index contributed by atoms with van der Waals surface area (Å²) in [5.41, 5.74) is 3.15. The van der Waals surface area contributed by atoms with Crippen LogP contribution in [0, 0.1) is 0 Å². The van der Waals surface area contributed by atoms with Gasteiger partial charge in [-0.2, -0.15) is 0 Å². The fourth-order valence-electron chi connectivity index (χ4n) is 4.55. The van der Waals surface area contributed by atoms with Gasteiger partial charge in [0.25, 0.3) is 0 Å². The highest BCUT2D eigenvalue weighted by Crippen LogP contribution is 2.38. The minimum absolute atomic E-state index is 0.0421. The van der Waals surface area contributed by atoms with Crippen LogP contribution >= 0.6 is 0 Å². The van der Waals surface area contributed by atoms with Crippen molar-refractivity contribution in [2.24, 2.45) is 0 Å². The molecule has 0 aliphatic carbocycles. The maximum atomic E-state index is 12.3. The molecular weight excluding hydrogens is 418 g/mol. The first kappa shape index (κ1) is 23.3. The third-order valence-corrected chi connectivity index (χ3v) is 6.33. The predicted octanol–water partition coefficient (Wildman–Crippen LogP) is 3.11. The highest BCUT2D eigenvalue weighted by molar-refractivity contribution is 5.95. The fourth-order valence-corrected chi connectivity index (χ4v) is 4.55. The van der Waals surface area contributed by atoms with Crippen molar-refractivity contribution in [2.45, 2.75) is 25.7 Å². The van der Waals surface area contributed by atoms with Crippen molar-refractivity contribution in [3.8, 4) is 5.75 Å². The van der Waals surface area contributed by atoms with Gasteiger partial charge in [-0.1, -0.05) is 36.4 Å². The second kappa shape index (κ2) is 11.3. The molecule has 2 aliphatic rings. The molecule has 1 atom stereocenters. The van der Waals surface area contributed by atoms with Gasteiger partial charge in [0.1, 0.15) is 12.4 Å². The summed E-state index contributed by atoms with van der Waals surface area (Å²) in [7, 11) is 0. The fraction of sp³-hybridized carbons (Fsp3) is 0.462. The van der Waals surface area contributed by atoms with Gasteiger partial charge in [0.2, 0.25) is 5.91 Å². The van der Waals surface area contributed by atoms with Crippen LogP contribution in [0.5, 0.6) is 5.75 Å². The average Bonchev–Trinajstić information content (AvgIpc) is 2.82. The van der Waals surface area contributed by atoms with E-state index in [0.717, 1.165) is 68.3 Å². The zero-order valence-electron chi connectivity index (χ0n) is 19.3. The molecule has 2 aliphatic heterocycles. The molecule has 2 heterocycles. The van der Waals surface area contributed by atoms with E-state index in [-0.39, 0.29) is 17.8 Å². The van der Waals surface area contributed by atoms with Crippen molar-refractivity contribution in [3.05, 3.63) is 59.7 Å². The van der Waals surface area contributed by atoms with Gasteiger partial charge in [-0.05, 0) is 23.6 Å².